The van der Waals surface area contributed by atoms with E-state index in [-0.39, 0.29) is 18.1 Å². The van der Waals surface area contributed by atoms with Crippen molar-refractivity contribution in [2.45, 2.75) is 64.5 Å². The molecule has 1 atom stereocenters. The summed E-state index contributed by atoms with van der Waals surface area (Å²) in [4.78, 5) is 12.6. The molecule has 0 N–H and O–H groups in total. The highest BCUT2D eigenvalue weighted by molar-refractivity contribution is 5.84. The summed E-state index contributed by atoms with van der Waals surface area (Å²) in [5, 5.41) is 1.18. The van der Waals surface area contributed by atoms with E-state index in [0.717, 1.165) is 24.8 Å². The standard InChI is InChI=1S/C19H25NO2/c1-3-17(19(21)22-16-7-5-4-6-8-16)20-12-11-15-13-14(2)9-10-18(15)20/h9-13,16-17H,3-8H2,1-2H3. The zero-order valence-corrected chi connectivity index (χ0v) is 13.5. The van der Waals surface area contributed by atoms with Gasteiger partial charge in [-0.15, -0.1) is 0 Å². The van der Waals surface area contributed by atoms with Crippen LogP contribution in [0.25, 0.3) is 10.9 Å². The molecule has 22 heavy (non-hydrogen) atoms. The molecule has 0 amide bonds. The number of fused-ring (bicyclic) bond motifs is 1. The van der Waals surface area contributed by atoms with E-state index < -0.39 is 0 Å². The first-order valence-corrected chi connectivity index (χ1v) is 8.46. The van der Waals surface area contributed by atoms with Gasteiger partial charge in [0, 0.05) is 11.7 Å². The highest BCUT2D eigenvalue weighted by Crippen LogP contribution is 2.26. The molecule has 1 unspecified atom stereocenters. The Hall–Kier alpha value is -1.77. The summed E-state index contributed by atoms with van der Waals surface area (Å²) in [5.74, 6) is -0.0764. The maximum Gasteiger partial charge on any atom is 0.329 e. The fraction of sp³-hybridized carbons (Fsp3) is 0.526. The fourth-order valence-electron chi connectivity index (χ4n) is 3.46. The van der Waals surface area contributed by atoms with Crippen LogP contribution in [0.3, 0.4) is 0 Å². The van der Waals surface area contributed by atoms with E-state index in [1.54, 1.807) is 0 Å². The zero-order chi connectivity index (χ0) is 15.5. The van der Waals surface area contributed by atoms with Crippen LogP contribution >= 0.6 is 0 Å². The molecule has 1 aromatic carbocycles. The minimum atomic E-state index is -0.220. The predicted molar refractivity (Wildman–Crippen MR) is 89.0 cm³/mol. The Morgan fingerprint density at radius 3 is 2.77 bits per heavy atom. The highest BCUT2D eigenvalue weighted by Gasteiger charge is 2.25. The molecule has 1 aliphatic carbocycles. The van der Waals surface area contributed by atoms with Crippen LogP contribution in [0.4, 0.5) is 0 Å². The second-order valence-electron chi connectivity index (χ2n) is 6.41. The number of carbonyl (C=O) groups excluding carboxylic acids is 1. The van der Waals surface area contributed by atoms with E-state index in [4.69, 9.17) is 4.74 Å². The summed E-state index contributed by atoms with van der Waals surface area (Å²) >= 11 is 0. The van der Waals surface area contributed by atoms with E-state index >= 15 is 0 Å². The van der Waals surface area contributed by atoms with Gasteiger partial charge in [-0.05, 0) is 62.6 Å². The monoisotopic (exact) mass is 299 g/mol. The van der Waals surface area contributed by atoms with Crippen molar-refractivity contribution in [1.29, 1.82) is 0 Å². The van der Waals surface area contributed by atoms with E-state index in [9.17, 15) is 4.79 Å². The van der Waals surface area contributed by atoms with Crippen molar-refractivity contribution in [3.8, 4) is 0 Å². The van der Waals surface area contributed by atoms with Crippen LogP contribution in [0.15, 0.2) is 30.5 Å². The number of nitrogens with zero attached hydrogens (tertiary/aromatic N) is 1. The summed E-state index contributed by atoms with van der Waals surface area (Å²) in [7, 11) is 0. The van der Waals surface area contributed by atoms with Gasteiger partial charge in [-0.2, -0.15) is 0 Å². The van der Waals surface area contributed by atoms with Crippen LogP contribution in [0.1, 0.15) is 57.1 Å². The van der Waals surface area contributed by atoms with E-state index in [2.05, 4.69) is 35.8 Å². The number of aromatic nitrogens is 1. The predicted octanol–water partition coefficient (Wildman–Crippen LogP) is 4.78. The van der Waals surface area contributed by atoms with Crippen molar-refractivity contribution in [3.63, 3.8) is 0 Å². The zero-order valence-electron chi connectivity index (χ0n) is 13.5. The first-order valence-electron chi connectivity index (χ1n) is 8.46. The molecular formula is C19H25NO2. The highest BCUT2D eigenvalue weighted by atomic mass is 16.5. The Labute approximate surface area is 132 Å². The van der Waals surface area contributed by atoms with Crippen LogP contribution in [-0.2, 0) is 9.53 Å². The SMILES string of the molecule is CCC(C(=O)OC1CCCCC1)n1ccc2cc(C)ccc21. The van der Waals surface area contributed by atoms with Crippen molar-refractivity contribution >= 4 is 16.9 Å². The Kier molecular flexibility index (Phi) is 4.51. The maximum atomic E-state index is 12.6. The van der Waals surface area contributed by atoms with E-state index in [0.29, 0.717) is 0 Å². The molecule has 118 valence electrons. The topological polar surface area (TPSA) is 31.2 Å². The third kappa shape index (κ3) is 3.03. The lowest BCUT2D eigenvalue weighted by atomic mass is 9.98. The van der Waals surface area contributed by atoms with Crippen LogP contribution in [-0.4, -0.2) is 16.6 Å². The molecule has 0 saturated heterocycles. The smallest absolute Gasteiger partial charge is 0.329 e. The molecule has 3 heteroatoms. The van der Waals surface area contributed by atoms with Gasteiger partial charge in [-0.25, -0.2) is 4.79 Å². The van der Waals surface area contributed by atoms with Gasteiger partial charge < -0.3 is 9.30 Å². The van der Waals surface area contributed by atoms with Gasteiger partial charge in [0.05, 0.1) is 0 Å². The van der Waals surface area contributed by atoms with Gasteiger partial charge in [0.15, 0.2) is 0 Å². The molecule has 1 heterocycles. The Morgan fingerprint density at radius 2 is 2.05 bits per heavy atom. The summed E-state index contributed by atoms with van der Waals surface area (Å²) in [5.41, 5.74) is 2.35. The van der Waals surface area contributed by atoms with Crippen LogP contribution in [0.2, 0.25) is 0 Å². The maximum absolute atomic E-state index is 12.6. The van der Waals surface area contributed by atoms with Crippen molar-refractivity contribution in [2.24, 2.45) is 0 Å². The van der Waals surface area contributed by atoms with Crippen LogP contribution < -0.4 is 0 Å². The molecular weight excluding hydrogens is 274 g/mol. The molecule has 1 saturated carbocycles. The number of esters is 1. The Balaban J connectivity index is 1.81. The number of hydrogen-bond acceptors (Lipinski definition) is 2. The largest absolute Gasteiger partial charge is 0.461 e. The number of hydrogen-bond donors (Lipinski definition) is 0. The quantitative estimate of drug-likeness (QED) is 0.761. The van der Waals surface area contributed by atoms with Crippen molar-refractivity contribution in [2.75, 3.05) is 0 Å². The van der Waals surface area contributed by atoms with E-state index in [1.807, 2.05) is 13.1 Å². The third-order valence-corrected chi connectivity index (χ3v) is 4.71. The lowest BCUT2D eigenvalue weighted by Gasteiger charge is -2.25. The average Bonchev–Trinajstić information content (AvgIpc) is 2.92. The molecule has 0 spiro atoms. The molecule has 0 radical (unpaired) electrons. The number of benzene rings is 1. The number of ether oxygens (including phenoxy) is 1. The van der Waals surface area contributed by atoms with Gasteiger partial charge in [0.1, 0.15) is 12.1 Å². The Bertz CT molecular complexity index is 652. The lowest BCUT2D eigenvalue weighted by Crippen LogP contribution is -2.27. The molecule has 1 aliphatic rings. The number of carbonyl (C=O) groups is 1. The van der Waals surface area contributed by atoms with Gasteiger partial charge in [-0.3, -0.25) is 0 Å². The minimum absolute atomic E-state index is 0.0764. The van der Waals surface area contributed by atoms with Gasteiger partial charge in [0.2, 0.25) is 0 Å². The summed E-state index contributed by atoms with van der Waals surface area (Å²) < 4.78 is 7.85. The summed E-state index contributed by atoms with van der Waals surface area (Å²) in [6, 6.07) is 8.21. The molecule has 3 rings (SSSR count). The lowest BCUT2D eigenvalue weighted by molar-refractivity contribution is -0.154. The summed E-state index contributed by atoms with van der Waals surface area (Å²) in [6.07, 6.45) is 8.57. The second-order valence-corrected chi connectivity index (χ2v) is 6.41. The van der Waals surface area contributed by atoms with Crippen LogP contribution in [0.5, 0.6) is 0 Å². The minimum Gasteiger partial charge on any atom is -0.461 e. The number of rotatable bonds is 4. The molecule has 1 aromatic heterocycles. The average molecular weight is 299 g/mol. The van der Waals surface area contributed by atoms with E-state index in [1.165, 1.54) is 30.2 Å². The molecule has 1 fully saturated rings. The second kappa shape index (κ2) is 6.55. The first-order chi connectivity index (χ1) is 10.7. The Morgan fingerprint density at radius 1 is 1.27 bits per heavy atom. The van der Waals surface area contributed by atoms with Crippen molar-refractivity contribution < 1.29 is 9.53 Å². The number of aryl methyl sites for hydroxylation is 1. The summed E-state index contributed by atoms with van der Waals surface area (Å²) in [6.45, 7) is 4.14. The molecule has 2 aromatic rings. The third-order valence-electron chi connectivity index (χ3n) is 4.71. The van der Waals surface area contributed by atoms with Gasteiger partial charge in [0.25, 0.3) is 0 Å². The van der Waals surface area contributed by atoms with Gasteiger partial charge in [-0.1, -0.05) is 25.0 Å². The molecule has 0 bridgehead atoms. The van der Waals surface area contributed by atoms with Crippen molar-refractivity contribution in [3.05, 3.63) is 36.0 Å². The molecule has 0 aliphatic heterocycles. The van der Waals surface area contributed by atoms with Gasteiger partial charge >= 0.3 is 5.97 Å². The van der Waals surface area contributed by atoms with Crippen LogP contribution in [0, 0.1) is 6.92 Å². The first kappa shape index (κ1) is 15.1. The van der Waals surface area contributed by atoms with Crippen molar-refractivity contribution in [1.82, 2.24) is 4.57 Å². The normalized spacial score (nSPS) is 17.5. The fourth-order valence-corrected chi connectivity index (χ4v) is 3.46. The molecule has 3 nitrogen and oxygen atoms in total.